The molecular weight excluding hydrogens is 142 g/mol. The van der Waals surface area contributed by atoms with Gasteiger partial charge in [-0.15, -0.1) is 0 Å². The van der Waals surface area contributed by atoms with E-state index in [-0.39, 0.29) is 6.10 Å². The summed E-state index contributed by atoms with van der Waals surface area (Å²) in [5.41, 5.74) is 5.47. The zero-order chi connectivity index (χ0) is 8.10. The first-order valence-corrected chi connectivity index (χ1v) is 3.49. The Morgan fingerprint density at radius 1 is 1.64 bits per heavy atom. The van der Waals surface area contributed by atoms with Crippen molar-refractivity contribution in [3.05, 3.63) is 17.2 Å². The largest absolute Gasteiger partial charge is 0.393 e. The fraction of sp³-hybridized carbons (Fsp3) is 0.500. The van der Waals surface area contributed by atoms with Gasteiger partial charge < -0.3 is 10.4 Å². The Morgan fingerprint density at radius 2 is 2.45 bits per heavy atom. The molecule has 1 aliphatic rings. The van der Waals surface area contributed by atoms with Crippen LogP contribution in [-0.2, 0) is 4.79 Å². The molecule has 0 radical (unpaired) electrons. The first-order valence-electron chi connectivity index (χ1n) is 3.49. The third kappa shape index (κ3) is 2.46. The first-order chi connectivity index (χ1) is 5.33. The quantitative estimate of drug-likeness (QED) is 0.371. The lowest BCUT2D eigenvalue weighted by atomic mass is 10.1. The van der Waals surface area contributed by atoms with Gasteiger partial charge in [-0.25, -0.2) is 4.79 Å². The molecule has 0 aromatic heterocycles. The number of hydrogen-bond donors (Lipinski definition) is 2. The Morgan fingerprint density at radius 3 is 3.09 bits per heavy atom. The summed E-state index contributed by atoms with van der Waals surface area (Å²) >= 11 is 0. The number of aliphatic hydroxyl groups excluding tert-OH is 1. The van der Waals surface area contributed by atoms with E-state index in [1.807, 2.05) is 0 Å². The summed E-state index contributed by atoms with van der Waals surface area (Å²) in [4.78, 5) is 9.73. The smallest absolute Gasteiger partial charge is 0.185 e. The van der Waals surface area contributed by atoms with Crippen molar-refractivity contribution in [1.82, 2.24) is 5.32 Å². The molecule has 1 rings (SSSR count). The summed E-state index contributed by atoms with van der Waals surface area (Å²) in [6.07, 6.45) is 0.956. The maximum atomic E-state index is 9.73. The Hall–Kier alpha value is -1.23. The molecule has 1 atom stereocenters. The Balaban J connectivity index is 2.74. The molecule has 3 nitrogen and oxygen atoms in total. The second-order valence-electron chi connectivity index (χ2n) is 2.40. The van der Waals surface area contributed by atoms with Gasteiger partial charge in [-0.05, 0) is 12.2 Å². The minimum atomic E-state index is -0.313. The van der Waals surface area contributed by atoms with Gasteiger partial charge >= 0.3 is 0 Å². The molecule has 0 aliphatic carbocycles. The van der Waals surface area contributed by atoms with Gasteiger partial charge in [0.05, 0.1) is 11.8 Å². The van der Waals surface area contributed by atoms with Crippen LogP contribution in [0.15, 0.2) is 17.2 Å². The molecule has 1 saturated heterocycles. The predicted molar refractivity (Wildman–Crippen MR) is 39.5 cm³/mol. The van der Waals surface area contributed by atoms with Crippen LogP contribution in [0.4, 0.5) is 0 Å². The SMILES string of the molecule is O=C=C=C=C1CC(O)CCN1. The van der Waals surface area contributed by atoms with E-state index < -0.39 is 0 Å². The highest BCUT2D eigenvalue weighted by molar-refractivity contribution is 5.43. The highest BCUT2D eigenvalue weighted by atomic mass is 16.3. The van der Waals surface area contributed by atoms with Crippen LogP contribution in [-0.4, -0.2) is 23.7 Å². The van der Waals surface area contributed by atoms with Gasteiger partial charge in [0.2, 0.25) is 0 Å². The van der Waals surface area contributed by atoms with Crippen LogP contribution in [0.2, 0.25) is 0 Å². The van der Waals surface area contributed by atoms with E-state index >= 15 is 0 Å². The lowest BCUT2D eigenvalue weighted by Gasteiger charge is -2.19. The van der Waals surface area contributed by atoms with Gasteiger partial charge in [-0.2, -0.15) is 0 Å². The monoisotopic (exact) mass is 151 g/mol. The minimum absolute atomic E-state index is 0.313. The molecule has 1 heterocycles. The normalized spacial score (nSPS) is 22.6. The van der Waals surface area contributed by atoms with Crippen LogP contribution in [0.25, 0.3) is 0 Å². The van der Waals surface area contributed by atoms with E-state index in [2.05, 4.69) is 16.8 Å². The average Bonchev–Trinajstić information content (AvgIpc) is 2.01. The van der Waals surface area contributed by atoms with Crippen LogP contribution < -0.4 is 5.32 Å². The van der Waals surface area contributed by atoms with E-state index in [0.717, 1.165) is 18.7 Å². The van der Waals surface area contributed by atoms with Crippen LogP contribution in [0.3, 0.4) is 0 Å². The van der Waals surface area contributed by atoms with E-state index in [0.29, 0.717) is 6.42 Å². The summed E-state index contributed by atoms with van der Waals surface area (Å²) in [5.74, 6) is 1.48. The summed E-state index contributed by atoms with van der Waals surface area (Å²) in [7, 11) is 0. The maximum Gasteiger partial charge on any atom is 0.185 e. The van der Waals surface area contributed by atoms with Gasteiger partial charge in [0.1, 0.15) is 0 Å². The van der Waals surface area contributed by atoms with E-state index in [9.17, 15) is 4.79 Å². The molecule has 0 aromatic carbocycles. The fourth-order valence-electron chi connectivity index (χ4n) is 0.996. The number of nitrogens with one attached hydrogen (secondary N) is 1. The van der Waals surface area contributed by atoms with E-state index in [1.165, 1.54) is 5.94 Å². The molecule has 2 N–H and O–H groups in total. The number of piperidine rings is 1. The van der Waals surface area contributed by atoms with Crippen molar-refractivity contribution in [3.63, 3.8) is 0 Å². The zero-order valence-electron chi connectivity index (χ0n) is 6.05. The average molecular weight is 151 g/mol. The zero-order valence-corrected chi connectivity index (χ0v) is 6.05. The Bertz CT molecular complexity index is 253. The third-order valence-electron chi connectivity index (χ3n) is 1.52. The van der Waals surface area contributed by atoms with Gasteiger partial charge in [0, 0.05) is 18.7 Å². The summed E-state index contributed by atoms with van der Waals surface area (Å²) in [6, 6.07) is 0. The molecule has 0 saturated carbocycles. The van der Waals surface area contributed by atoms with E-state index in [1.54, 1.807) is 0 Å². The summed E-state index contributed by atoms with van der Waals surface area (Å²) < 4.78 is 0. The van der Waals surface area contributed by atoms with Crippen molar-refractivity contribution in [2.75, 3.05) is 6.54 Å². The molecule has 11 heavy (non-hydrogen) atoms. The molecule has 3 heteroatoms. The lowest BCUT2D eigenvalue weighted by molar-refractivity contribution is 0.151. The van der Waals surface area contributed by atoms with Crippen LogP contribution in [0.1, 0.15) is 12.8 Å². The molecule has 0 aromatic rings. The number of carbonyl (C=O) groups excluding carboxylic acids is 1. The molecule has 0 bridgehead atoms. The Kier molecular flexibility index (Phi) is 2.74. The van der Waals surface area contributed by atoms with Crippen molar-refractivity contribution in [3.8, 4) is 0 Å². The van der Waals surface area contributed by atoms with Crippen LogP contribution >= 0.6 is 0 Å². The predicted octanol–water partition coefficient (Wildman–Crippen LogP) is -0.244. The third-order valence-corrected chi connectivity index (χ3v) is 1.52. The first kappa shape index (κ1) is 7.87. The number of hydrogen-bond acceptors (Lipinski definition) is 3. The second kappa shape index (κ2) is 3.82. The lowest BCUT2D eigenvalue weighted by Crippen LogP contribution is -2.28. The molecule has 1 unspecified atom stereocenters. The standard InChI is InChI=1S/C8H9NO2/c10-5-1-2-7-6-8(11)3-4-9-7/h8-9,11H,3-4,6H2. The fourth-order valence-corrected chi connectivity index (χ4v) is 0.996. The topological polar surface area (TPSA) is 49.3 Å². The van der Waals surface area contributed by atoms with E-state index in [4.69, 9.17) is 5.11 Å². The van der Waals surface area contributed by atoms with Gasteiger partial charge in [0.15, 0.2) is 5.94 Å². The number of rotatable bonds is 0. The highest BCUT2D eigenvalue weighted by Crippen LogP contribution is 2.09. The van der Waals surface area contributed by atoms with Crippen LogP contribution in [0, 0.1) is 0 Å². The van der Waals surface area contributed by atoms with Crippen molar-refractivity contribution in [2.45, 2.75) is 18.9 Å². The number of aliphatic hydroxyl groups is 1. The Labute approximate surface area is 64.7 Å². The maximum absolute atomic E-state index is 9.73. The molecule has 58 valence electrons. The minimum Gasteiger partial charge on any atom is -0.393 e. The van der Waals surface area contributed by atoms with Gasteiger partial charge in [0.25, 0.3) is 0 Å². The van der Waals surface area contributed by atoms with Crippen molar-refractivity contribution in [1.29, 1.82) is 0 Å². The summed E-state index contributed by atoms with van der Waals surface area (Å²) in [5, 5.41) is 12.1. The molecule has 1 aliphatic heterocycles. The second-order valence-corrected chi connectivity index (χ2v) is 2.40. The van der Waals surface area contributed by atoms with Gasteiger partial charge in [-0.3, -0.25) is 0 Å². The molecular formula is C8H9NO2. The van der Waals surface area contributed by atoms with Crippen LogP contribution in [0.5, 0.6) is 0 Å². The summed E-state index contributed by atoms with van der Waals surface area (Å²) in [6.45, 7) is 0.726. The van der Waals surface area contributed by atoms with Crippen molar-refractivity contribution < 1.29 is 9.90 Å². The van der Waals surface area contributed by atoms with Crippen molar-refractivity contribution >= 4 is 5.94 Å². The molecule has 0 amide bonds. The van der Waals surface area contributed by atoms with Gasteiger partial charge in [-0.1, -0.05) is 0 Å². The molecule has 1 fully saturated rings. The highest BCUT2D eigenvalue weighted by Gasteiger charge is 2.12. The van der Waals surface area contributed by atoms with Crippen molar-refractivity contribution in [2.24, 2.45) is 0 Å². The molecule has 0 spiro atoms.